The maximum Gasteiger partial charge on any atom is 0.0280 e. The minimum Gasteiger partial charge on any atom is -0.328 e. The van der Waals surface area contributed by atoms with E-state index in [1.54, 1.807) is 12.1 Å². The van der Waals surface area contributed by atoms with Gasteiger partial charge in [-0.1, -0.05) is 24.3 Å². The highest BCUT2D eigenvalue weighted by molar-refractivity contribution is 5.26. The van der Waals surface area contributed by atoms with Crippen molar-refractivity contribution in [2.75, 3.05) is 0 Å². The molecule has 0 heterocycles. The molecule has 1 aromatic carbocycles. The maximum absolute atomic E-state index is 7.35. The molecular weight excluding hydrogens is 134 g/mol. The van der Waals surface area contributed by atoms with Gasteiger partial charge in [0.2, 0.25) is 0 Å². The lowest BCUT2D eigenvalue weighted by Crippen LogP contribution is -2.18. The average Bonchev–Trinajstić information content (AvgIpc) is 2.01. The van der Waals surface area contributed by atoms with Crippen molar-refractivity contribution < 1.29 is 4.11 Å². The first-order valence-corrected chi connectivity index (χ1v) is 3.75. The third-order valence-electron chi connectivity index (χ3n) is 1.56. The molecule has 0 bridgehead atoms. The van der Waals surface area contributed by atoms with Crippen LogP contribution in [0.5, 0.6) is 0 Å². The number of aryl methyl sites for hydroxylation is 1. The minimum atomic E-state index is -2.04. The Balaban J connectivity index is 3.04. The summed E-state index contributed by atoms with van der Waals surface area (Å²) in [6, 6.07) is 7.04. The van der Waals surface area contributed by atoms with Gasteiger partial charge in [0.05, 0.1) is 0 Å². The third kappa shape index (κ3) is 2.35. The topological polar surface area (TPSA) is 26.0 Å². The largest absolute Gasteiger partial charge is 0.328 e. The molecule has 2 N–H and O–H groups in total. The Morgan fingerprint density at radius 1 is 1.55 bits per heavy atom. The van der Waals surface area contributed by atoms with Crippen LogP contribution < -0.4 is 5.73 Å². The number of hydrogen-bond donors (Lipinski definition) is 1. The van der Waals surface area contributed by atoms with Crippen molar-refractivity contribution in [3.8, 4) is 0 Å². The third-order valence-corrected chi connectivity index (χ3v) is 1.56. The van der Waals surface area contributed by atoms with Crippen molar-refractivity contribution in [1.82, 2.24) is 0 Å². The highest BCUT2D eigenvalue weighted by Crippen LogP contribution is 2.08. The zero-order chi connectivity index (χ0) is 10.8. The number of hydrogen-bond acceptors (Lipinski definition) is 1. The smallest absolute Gasteiger partial charge is 0.0280 e. The summed E-state index contributed by atoms with van der Waals surface area (Å²) in [5.74, 6) is 0. The second kappa shape index (κ2) is 3.54. The standard InChI is InChI=1S/C10H15N/c1-8-5-3-4-6-10(8)7-9(2)11/h3-6,9H,7,11H2,1-2H3/i1D3. The van der Waals surface area contributed by atoms with Gasteiger partial charge in [-0.05, 0) is 31.3 Å². The number of benzene rings is 1. The molecular formula is C10H15N. The molecule has 0 saturated carbocycles. The molecule has 0 radical (unpaired) electrons. The number of nitrogens with two attached hydrogens (primary N) is 1. The second-order valence-electron chi connectivity index (χ2n) is 2.84. The van der Waals surface area contributed by atoms with E-state index in [2.05, 4.69) is 0 Å². The summed E-state index contributed by atoms with van der Waals surface area (Å²) >= 11 is 0. The van der Waals surface area contributed by atoms with Crippen LogP contribution in [-0.2, 0) is 6.42 Å². The second-order valence-corrected chi connectivity index (χ2v) is 2.84. The predicted octanol–water partition coefficient (Wildman–Crippen LogP) is 1.88. The summed E-state index contributed by atoms with van der Waals surface area (Å²) in [5, 5.41) is 0. The maximum atomic E-state index is 7.35. The van der Waals surface area contributed by atoms with E-state index < -0.39 is 6.85 Å². The summed E-state index contributed by atoms with van der Waals surface area (Å²) < 4.78 is 22.1. The minimum absolute atomic E-state index is 0.0153. The Hall–Kier alpha value is -0.820. The van der Waals surface area contributed by atoms with Gasteiger partial charge >= 0.3 is 0 Å². The molecule has 0 spiro atoms. The van der Waals surface area contributed by atoms with Crippen LogP contribution in [-0.4, -0.2) is 6.04 Å². The van der Waals surface area contributed by atoms with Gasteiger partial charge in [-0.15, -0.1) is 0 Å². The first kappa shape index (κ1) is 4.94. The molecule has 11 heavy (non-hydrogen) atoms. The quantitative estimate of drug-likeness (QED) is 0.688. The van der Waals surface area contributed by atoms with Crippen LogP contribution in [0.25, 0.3) is 0 Å². The van der Waals surface area contributed by atoms with Crippen LogP contribution in [0, 0.1) is 6.85 Å². The van der Waals surface area contributed by atoms with Crippen LogP contribution in [0.15, 0.2) is 24.3 Å². The Morgan fingerprint density at radius 3 is 2.91 bits per heavy atom. The lowest BCUT2D eigenvalue weighted by molar-refractivity contribution is 0.735. The highest BCUT2D eigenvalue weighted by atomic mass is 14.6. The zero-order valence-corrected chi connectivity index (χ0v) is 6.67. The summed E-state index contributed by atoms with van der Waals surface area (Å²) in [7, 11) is 0. The molecule has 60 valence electrons. The van der Waals surface area contributed by atoms with Gasteiger partial charge in [0.15, 0.2) is 0 Å². The van der Waals surface area contributed by atoms with E-state index in [4.69, 9.17) is 9.85 Å². The van der Waals surface area contributed by atoms with Crippen molar-refractivity contribution in [2.24, 2.45) is 5.73 Å². The molecule has 0 aliphatic heterocycles. The summed E-state index contributed by atoms with van der Waals surface area (Å²) in [6.45, 7) is -0.165. The van der Waals surface area contributed by atoms with Gasteiger partial charge in [0.25, 0.3) is 0 Å². The predicted molar refractivity (Wildman–Crippen MR) is 48.5 cm³/mol. The number of rotatable bonds is 2. The van der Waals surface area contributed by atoms with Crippen LogP contribution in [0.3, 0.4) is 0 Å². The Labute approximate surface area is 72.4 Å². The molecule has 0 saturated heterocycles. The molecule has 1 aromatic rings. The molecule has 1 heteroatoms. The molecule has 0 aromatic heterocycles. The van der Waals surface area contributed by atoms with Crippen LogP contribution in [0.4, 0.5) is 0 Å². The summed E-state index contributed by atoms with van der Waals surface area (Å²) in [6.07, 6.45) is 0.606. The van der Waals surface area contributed by atoms with Crippen molar-refractivity contribution in [1.29, 1.82) is 0 Å². The SMILES string of the molecule is [2H]C([2H])([2H])c1ccccc1CC(C)N. The monoisotopic (exact) mass is 152 g/mol. The molecule has 1 unspecified atom stereocenters. The first-order chi connectivity index (χ1) is 6.41. The first-order valence-electron chi connectivity index (χ1n) is 5.25. The van der Waals surface area contributed by atoms with E-state index in [9.17, 15) is 0 Å². The lowest BCUT2D eigenvalue weighted by Gasteiger charge is -2.07. The van der Waals surface area contributed by atoms with Crippen LogP contribution >= 0.6 is 0 Å². The van der Waals surface area contributed by atoms with Gasteiger partial charge in [-0.2, -0.15) is 0 Å². The van der Waals surface area contributed by atoms with E-state index in [0.717, 1.165) is 5.56 Å². The Morgan fingerprint density at radius 2 is 2.27 bits per heavy atom. The van der Waals surface area contributed by atoms with E-state index in [0.29, 0.717) is 12.0 Å². The zero-order valence-electron chi connectivity index (χ0n) is 9.67. The Bertz CT molecular complexity index is 304. The van der Waals surface area contributed by atoms with Crippen molar-refractivity contribution in [3.05, 3.63) is 35.4 Å². The fourth-order valence-electron chi connectivity index (χ4n) is 1.05. The Kier molecular flexibility index (Phi) is 1.59. The molecule has 1 atom stereocenters. The van der Waals surface area contributed by atoms with Crippen LogP contribution in [0.1, 0.15) is 22.2 Å². The molecule has 0 amide bonds. The summed E-state index contributed by atoms with van der Waals surface area (Å²) in [4.78, 5) is 0. The van der Waals surface area contributed by atoms with Crippen molar-refractivity contribution in [2.45, 2.75) is 26.2 Å². The molecule has 1 nitrogen and oxygen atoms in total. The molecule has 1 rings (SSSR count). The average molecular weight is 152 g/mol. The van der Waals surface area contributed by atoms with E-state index >= 15 is 0 Å². The fraction of sp³-hybridized carbons (Fsp3) is 0.400. The highest BCUT2D eigenvalue weighted by Gasteiger charge is 1.99. The van der Waals surface area contributed by atoms with Crippen molar-refractivity contribution >= 4 is 0 Å². The lowest BCUT2D eigenvalue weighted by atomic mass is 10.0. The normalized spacial score (nSPS) is 18.2. The van der Waals surface area contributed by atoms with E-state index in [-0.39, 0.29) is 6.04 Å². The van der Waals surface area contributed by atoms with Gasteiger partial charge < -0.3 is 5.73 Å². The molecule has 0 aliphatic rings. The molecule has 0 fully saturated rings. The van der Waals surface area contributed by atoms with E-state index in [1.807, 2.05) is 19.1 Å². The van der Waals surface area contributed by atoms with Gasteiger partial charge in [0, 0.05) is 10.2 Å². The van der Waals surface area contributed by atoms with Gasteiger partial charge in [0.1, 0.15) is 0 Å². The van der Waals surface area contributed by atoms with Crippen LogP contribution in [0.2, 0.25) is 0 Å². The van der Waals surface area contributed by atoms with Crippen molar-refractivity contribution in [3.63, 3.8) is 0 Å². The molecule has 0 aliphatic carbocycles. The summed E-state index contributed by atoms with van der Waals surface area (Å²) in [5.41, 5.74) is 6.89. The van der Waals surface area contributed by atoms with Gasteiger partial charge in [-0.25, -0.2) is 0 Å². The van der Waals surface area contributed by atoms with E-state index in [1.165, 1.54) is 0 Å². The van der Waals surface area contributed by atoms with Gasteiger partial charge in [-0.3, -0.25) is 0 Å². The fourth-order valence-corrected chi connectivity index (χ4v) is 1.05.